The highest BCUT2D eigenvalue weighted by Gasteiger charge is 2.38. The molecular weight excluding hydrogens is 196 g/mol. The molecule has 1 saturated carbocycles. The van der Waals surface area contributed by atoms with E-state index >= 15 is 0 Å². The Morgan fingerprint density at radius 3 is 2.75 bits per heavy atom. The lowest BCUT2D eigenvalue weighted by molar-refractivity contribution is 0.547. The number of rotatable bonds is 2. The van der Waals surface area contributed by atoms with Gasteiger partial charge in [-0.1, -0.05) is 30.3 Å². The molecule has 1 aromatic rings. The van der Waals surface area contributed by atoms with Crippen molar-refractivity contribution in [2.75, 3.05) is 13.6 Å². The van der Waals surface area contributed by atoms with Crippen molar-refractivity contribution in [2.45, 2.75) is 31.2 Å². The van der Waals surface area contributed by atoms with Crippen molar-refractivity contribution >= 4 is 5.84 Å². The van der Waals surface area contributed by atoms with Gasteiger partial charge in [-0.25, -0.2) is 0 Å². The van der Waals surface area contributed by atoms with E-state index in [0.29, 0.717) is 12.0 Å². The molecule has 2 fully saturated rings. The molecule has 1 aliphatic heterocycles. The highest BCUT2D eigenvalue weighted by Crippen LogP contribution is 2.43. The number of amidine groups is 1. The SMILES string of the molecule is CN1CCC/C1=N\C1CC1c1ccccc1. The minimum Gasteiger partial charge on any atom is -0.363 e. The Hall–Kier alpha value is -1.31. The third-order valence-electron chi connectivity index (χ3n) is 3.63. The molecule has 0 bridgehead atoms. The van der Waals surface area contributed by atoms with E-state index in [4.69, 9.17) is 4.99 Å². The van der Waals surface area contributed by atoms with Gasteiger partial charge < -0.3 is 4.90 Å². The molecule has 0 radical (unpaired) electrons. The van der Waals surface area contributed by atoms with Crippen LogP contribution in [0.1, 0.15) is 30.7 Å². The summed E-state index contributed by atoms with van der Waals surface area (Å²) in [4.78, 5) is 7.17. The van der Waals surface area contributed by atoms with Crippen molar-refractivity contribution in [3.05, 3.63) is 35.9 Å². The smallest absolute Gasteiger partial charge is 0.0990 e. The zero-order valence-corrected chi connectivity index (χ0v) is 9.76. The van der Waals surface area contributed by atoms with Crippen molar-refractivity contribution in [1.82, 2.24) is 4.90 Å². The molecule has 1 aliphatic carbocycles. The van der Waals surface area contributed by atoms with Gasteiger partial charge in [-0.2, -0.15) is 0 Å². The molecule has 2 nitrogen and oxygen atoms in total. The summed E-state index contributed by atoms with van der Waals surface area (Å²) in [5.74, 6) is 2.01. The molecule has 0 amide bonds. The first-order chi connectivity index (χ1) is 7.84. The first kappa shape index (κ1) is 9.88. The second-order valence-corrected chi connectivity index (χ2v) is 4.89. The normalized spacial score (nSPS) is 31.1. The van der Waals surface area contributed by atoms with Gasteiger partial charge in [0.15, 0.2) is 0 Å². The van der Waals surface area contributed by atoms with Gasteiger partial charge in [-0.05, 0) is 18.4 Å². The topological polar surface area (TPSA) is 15.6 Å². The quantitative estimate of drug-likeness (QED) is 0.739. The minimum atomic E-state index is 0.554. The monoisotopic (exact) mass is 214 g/mol. The van der Waals surface area contributed by atoms with Crippen LogP contribution < -0.4 is 0 Å². The summed E-state index contributed by atoms with van der Waals surface area (Å²) < 4.78 is 0. The third-order valence-corrected chi connectivity index (χ3v) is 3.63. The Morgan fingerprint density at radius 1 is 1.25 bits per heavy atom. The fraction of sp³-hybridized carbons (Fsp3) is 0.500. The van der Waals surface area contributed by atoms with E-state index in [2.05, 4.69) is 42.3 Å². The highest BCUT2D eigenvalue weighted by molar-refractivity contribution is 5.84. The number of aliphatic imine (C=N–C) groups is 1. The maximum absolute atomic E-state index is 4.87. The number of nitrogens with zero attached hydrogens (tertiary/aromatic N) is 2. The van der Waals surface area contributed by atoms with E-state index in [9.17, 15) is 0 Å². The van der Waals surface area contributed by atoms with Crippen LogP contribution in [-0.4, -0.2) is 30.4 Å². The molecule has 84 valence electrons. The number of likely N-dealkylation sites (tertiary alicyclic amines) is 1. The van der Waals surface area contributed by atoms with E-state index in [-0.39, 0.29) is 0 Å². The van der Waals surface area contributed by atoms with Crippen LogP contribution in [0.3, 0.4) is 0 Å². The summed E-state index contributed by atoms with van der Waals surface area (Å²) in [6.07, 6.45) is 3.69. The molecule has 0 spiro atoms. The van der Waals surface area contributed by atoms with Gasteiger partial charge >= 0.3 is 0 Å². The van der Waals surface area contributed by atoms with Crippen molar-refractivity contribution in [3.63, 3.8) is 0 Å². The van der Waals surface area contributed by atoms with Gasteiger partial charge in [-0.15, -0.1) is 0 Å². The van der Waals surface area contributed by atoms with Gasteiger partial charge in [0.2, 0.25) is 0 Å². The molecule has 2 unspecified atom stereocenters. The van der Waals surface area contributed by atoms with E-state index in [1.807, 2.05) is 0 Å². The minimum absolute atomic E-state index is 0.554. The molecule has 0 aromatic heterocycles. The molecule has 3 rings (SSSR count). The fourth-order valence-corrected chi connectivity index (χ4v) is 2.53. The molecule has 1 saturated heterocycles. The standard InChI is InChI=1S/C14H18N2/c1-16-9-5-8-14(16)15-13-10-12(13)11-6-3-2-4-7-11/h2-4,6-7,12-13H,5,8-10H2,1H3/b15-14+. The van der Waals surface area contributed by atoms with Crippen LogP contribution in [-0.2, 0) is 0 Å². The summed E-state index contributed by atoms with van der Waals surface area (Å²) in [6, 6.07) is 11.3. The van der Waals surface area contributed by atoms with Crippen LogP contribution in [0.4, 0.5) is 0 Å². The third kappa shape index (κ3) is 1.84. The second-order valence-electron chi connectivity index (χ2n) is 4.89. The number of hydrogen-bond acceptors (Lipinski definition) is 1. The predicted molar refractivity (Wildman–Crippen MR) is 66.9 cm³/mol. The van der Waals surface area contributed by atoms with Crippen LogP contribution in [0, 0.1) is 0 Å². The maximum Gasteiger partial charge on any atom is 0.0990 e. The predicted octanol–water partition coefficient (Wildman–Crippen LogP) is 2.67. The van der Waals surface area contributed by atoms with Crippen molar-refractivity contribution < 1.29 is 0 Å². The number of hydrogen-bond donors (Lipinski definition) is 0. The average Bonchev–Trinajstić information content (AvgIpc) is 2.97. The van der Waals surface area contributed by atoms with Crippen LogP contribution in [0.2, 0.25) is 0 Å². The van der Waals surface area contributed by atoms with Crippen molar-refractivity contribution in [3.8, 4) is 0 Å². The summed E-state index contributed by atoms with van der Waals surface area (Å²) in [7, 11) is 2.16. The Kier molecular flexibility index (Phi) is 2.43. The van der Waals surface area contributed by atoms with Crippen LogP contribution >= 0.6 is 0 Å². The largest absolute Gasteiger partial charge is 0.363 e. The van der Waals surface area contributed by atoms with Gasteiger partial charge in [0, 0.05) is 25.9 Å². The van der Waals surface area contributed by atoms with E-state index in [1.54, 1.807) is 0 Å². The summed E-state index contributed by atoms with van der Waals surface area (Å²) in [6.45, 7) is 1.18. The molecular formula is C14H18N2. The molecule has 2 aliphatic rings. The molecule has 1 aromatic carbocycles. The van der Waals surface area contributed by atoms with E-state index in [1.165, 1.54) is 37.2 Å². The molecule has 2 atom stereocenters. The molecule has 0 N–H and O–H groups in total. The summed E-state index contributed by atoms with van der Waals surface area (Å²) in [5.41, 5.74) is 1.46. The van der Waals surface area contributed by atoms with Crippen molar-refractivity contribution in [1.29, 1.82) is 0 Å². The first-order valence-corrected chi connectivity index (χ1v) is 6.17. The lowest BCUT2D eigenvalue weighted by Gasteiger charge is -2.10. The van der Waals surface area contributed by atoms with Gasteiger partial charge in [0.25, 0.3) is 0 Å². The zero-order valence-electron chi connectivity index (χ0n) is 9.76. The van der Waals surface area contributed by atoms with E-state index < -0.39 is 0 Å². The van der Waals surface area contributed by atoms with Gasteiger partial charge in [0.1, 0.15) is 0 Å². The summed E-state index contributed by atoms with van der Waals surface area (Å²) >= 11 is 0. The Bertz CT molecular complexity index is 396. The lowest BCUT2D eigenvalue weighted by Crippen LogP contribution is -2.19. The van der Waals surface area contributed by atoms with Gasteiger partial charge in [0.05, 0.1) is 11.9 Å². The second kappa shape index (κ2) is 3.93. The van der Waals surface area contributed by atoms with Gasteiger partial charge in [-0.3, -0.25) is 4.99 Å². The Morgan fingerprint density at radius 2 is 2.06 bits per heavy atom. The van der Waals surface area contributed by atoms with Crippen LogP contribution in [0.15, 0.2) is 35.3 Å². The first-order valence-electron chi connectivity index (χ1n) is 6.17. The number of benzene rings is 1. The lowest BCUT2D eigenvalue weighted by atomic mass is 10.1. The molecule has 16 heavy (non-hydrogen) atoms. The zero-order chi connectivity index (χ0) is 11.0. The molecule has 2 heteroatoms. The summed E-state index contributed by atoms with van der Waals surface area (Å²) in [5, 5.41) is 0. The Balaban J connectivity index is 1.68. The van der Waals surface area contributed by atoms with Crippen LogP contribution in [0.25, 0.3) is 0 Å². The van der Waals surface area contributed by atoms with Crippen molar-refractivity contribution in [2.24, 2.45) is 4.99 Å². The average molecular weight is 214 g/mol. The highest BCUT2D eigenvalue weighted by atomic mass is 15.2. The fourth-order valence-electron chi connectivity index (χ4n) is 2.53. The Labute approximate surface area is 97.0 Å². The molecule has 1 heterocycles. The maximum atomic E-state index is 4.87. The van der Waals surface area contributed by atoms with Crippen LogP contribution in [0.5, 0.6) is 0 Å². The van der Waals surface area contributed by atoms with E-state index in [0.717, 1.165) is 0 Å².